The molecule has 0 aliphatic carbocycles. The Morgan fingerprint density at radius 3 is 2.55 bits per heavy atom. The van der Waals surface area contributed by atoms with Gasteiger partial charge in [-0.1, -0.05) is 47.5 Å². The van der Waals surface area contributed by atoms with Crippen LogP contribution in [0.15, 0.2) is 71.8 Å². The molecule has 0 aromatic heterocycles. The van der Waals surface area contributed by atoms with Gasteiger partial charge in [0.05, 0.1) is 25.4 Å². The van der Waals surface area contributed by atoms with Crippen molar-refractivity contribution in [1.82, 2.24) is 10.7 Å². The van der Waals surface area contributed by atoms with Crippen LogP contribution in [0, 0.1) is 0 Å². The van der Waals surface area contributed by atoms with Crippen LogP contribution in [0.1, 0.15) is 21.5 Å². The fraction of sp³-hybridized carbons (Fsp3) is 0.125. The number of para-hydroxylation sites is 1. The number of amides is 2. The minimum absolute atomic E-state index is 0.262. The highest BCUT2D eigenvalue weighted by Gasteiger charge is 2.12. The number of benzene rings is 3. The maximum atomic E-state index is 12.3. The van der Waals surface area contributed by atoms with E-state index in [0.29, 0.717) is 39.3 Å². The zero-order valence-corrected chi connectivity index (χ0v) is 19.2. The molecule has 0 aliphatic heterocycles. The summed E-state index contributed by atoms with van der Waals surface area (Å²) < 4.78 is 11.0. The topological polar surface area (TPSA) is 89.0 Å². The standard InChI is InChI=1S/C24H21Cl2N3O4/c1-32-22-8-3-2-7-20(22)24(31)27-14-23(30)29-28-13-17-12-19(26)9-10-21(17)33-15-16-5-4-6-18(25)11-16/h2-13H,14-15H2,1H3,(H,27,31)(H,29,30). The Labute approximate surface area is 201 Å². The number of hydrogen-bond acceptors (Lipinski definition) is 5. The molecule has 0 heterocycles. The van der Waals surface area contributed by atoms with Gasteiger partial charge in [0.15, 0.2) is 0 Å². The van der Waals surface area contributed by atoms with E-state index in [1.807, 2.05) is 18.2 Å². The monoisotopic (exact) mass is 485 g/mol. The Kier molecular flexibility index (Phi) is 8.69. The van der Waals surface area contributed by atoms with Gasteiger partial charge in [-0.15, -0.1) is 0 Å². The molecule has 0 spiro atoms. The lowest BCUT2D eigenvalue weighted by atomic mass is 10.2. The molecule has 3 rings (SSSR count). The molecule has 0 fully saturated rings. The number of nitrogens with one attached hydrogen (secondary N) is 2. The highest BCUT2D eigenvalue weighted by Crippen LogP contribution is 2.23. The summed E-state index contributed by atoms with van der Waals surface area (Å²) in [4.78, 5) is 24.3. The Balaban J connectivity index is 1.56. The van der Waals surface area contributed by atoms with Crippen LogP contribution in [0.5, 0.6) is 11.5 Å². The van der Waals surface area contributed by atoms with Gasteiger partial charge < -0.3 is 14.8 Å². The van der Waals surface area contributed by atoms with Gasteiger partial charge in [-0.3, -0.25) is 9.59 Å². The molecule has 0 unspecified atom stereocenters. The van der Waals surface area contributed by atoms with E-state index in [-0.39, 0.29) is 6.54 Å². The summed E-state index contributed by atoms with van der Waals surface area (Å²) in [5, 5.41) is 7.57. The van der Waals surface area contributed by atoms with Crippen LogP contribution in [-0.2, 0) is 11.4 Å². The maximum Gasteiger partial charge on any atom is 0.259 e. The number of methoxy groups -OCH3 is 1. The Bertz CT molecular complexity index is 1170. The number of hydrogen-bond donors (Lipinski definition) is 2. The van der Waals surface area contributed by atoms with E-state index in [4.69, 9.17) is 32.7 Å². The van der Waals surface area contributed by atoms with Gasteiger partial charge in [0, 0.05) is 15.6 Å². The molecule has 33 heavy (non-hydrogen) atoms. The number of carbonyl (C=O) groups is 2. The van der Waals surface area contributed by atoms with Crippen molar-refractivity contribution in [2.45, 2.75) is 6.61 Å². The average Bonchev–Trinajstić information content (AvgIpc) is 2.82. The van der Waals surface area contributed by atoms with E-state index in [2.05, 4.69) is 15.8 Å². The van der Waals surface area contributed by atoms with Crippen molar-refractivity contribution in [2.24, 2.45) is 5.10 Å². The summed E-state index contributed by atoms with van der Waals surface area (Å²) in [6, 6.07) is 19.1. The molecule has 3 aromatic rings. The van der Waals surface area contributed by atoms with Crippen LogP contribution >= 0.6 is 23.2 Å². The van der Waals surface area contributed by atoms with Gasteiger partial charge >= 0.3 is 0 Å². The van der Waals surface area contributed by atoms with Gasteiger partial charge in [-0.2, -0.15) is 5.10 Å². The first-order valence-electron chi connectivity index (χ1n) is 9.86. The summed E-state index contributed by atoms with van der Waals surface area (Å²) in [6.07, 6.45) is 1.42. The zero-order chi connectivity index (χ0) is 23.6. The van der Waals surface area contributed by atoms with Crippen LogP contribution in [0.2, 0.25) is 10.0 Å². The van der Waals surface area contributed by atoms with Crippen molar-refractivity contribution >= 4 is 41.2 Å². The molecule has 0 saturated carbocycles. The summed E-state index contributed by atoms with van der Waals surface area (Å²) in [5.41, 5.74) is 4.17. The summed E-state index contributed by atoms with van der Waals surface area (Å²) in [5.74, 6) is 0.0117. The Morgan fingerprint density at radius 1 is 0.970 bits per heavy atom. The van der Waals surface area contributed by atoms with Crippen molar-refractivity contribution in [3.05, 3.63) is 93.5 Å². The van der Waals surface area contributed by atoms with Crippen LogP contribution in [0.3, 0.4) is 0 Å². The highest BCUT2D eigenvalue weighted by atomic mass is 35.5. The van der Waals surface area contributed by atoms with E-state index in [1.165, 1.54) is 13.3 Å². The van der Waals surface area contributed by atoms with Crippen LogP contribution in [-0.4, -0.2) is 31.7 Å². The predicted molar refractivity (Wildman–Crippen MR) is 128 cm³/mol. The third-order valence-electron chi connectivity index (χ3n) is 4.41. The normalized spacial score (nSPS) is 10.6. The van der Waals surface area contributed by atoms with Gasteiger partial charge in [0.2, 0.25) is 0 Å². The zero-order valence-electron chi connectivity index (χ0n) is 17.7. The highest BCUT2D eigenvalue weighted by molar-refractivity contribution is 6.31. The van der Waals surface area contributed by atoms with Gasteiger partial charge in [0.1, 0.15) is 18.1 Å². The van der Waals surface area contributed by atoms with Crippen LogP contribution in [0.4, 0.5) is 0 Å². The molecule has 0 radical (unpaired) electrons. The molecule has 0 aliphatic rings. The van der Waals surface area contributed by atoms with Crippen LogP contribution < -0.4 is 20.2 Å². The van der Waals surface area contributed by atoms with Crippen molar-refractivity contribution in [2.75, 3.05) is 13.7 Å². The van der Waals surface area contributed by atoms with Crippen molar-refractivity contribution in [3.63, 3.8) is 0 Å². The smallest absolute Gasteiger partial charge is 0.259 e. The lowest BCUT2D eigenvalue weighted by Gasteiger charge is -2.10. The molecule has 2 N–H and O–H groups in total. The predicted octanol–water partition coefficient (Wildman–Crippen LogP) is 4.46. The minimum atomic E-state index is -0.502. The lowest BCUT2D eigenvalue weighted by molar-refractivity contribution is -0.120. The first-order valence-corrected chi connectivity index (χ1v) is 10.6. The van der Waals surface area contributed by atoms with Gasteiger partial charge in [0.25, 0.3) is 11.8 Å². The molecule has 0 saturated heterocycles. The average molecular weight is 486 g/mol. The number of rotatable bonds is 9. The maximum absolute atomic E-state index is 12.3. The lowest BCUT2D eigenvalue weighted by Crippen LogP contribution is -2.35. The van der Waals surface area contributed by atoms with E-state index < -0.39 is 11.8 Å². The van der Waals surface area contributed by atoms with E-state index in [9.17, 15) is 9.59 Å². The molecule has 0 atom stereocenters. The summed E-state index contributed by atoms with van der Waals surface area (Å²) in [7, 11) is 1.47. The fourth-order valence-electron chi connectivity index (χ4n) is 2.84. The minimum Gasteiger partial charge on any atom is -0.496 e. The van der Waals surface area contributed by atoms with Crippen molar-refractivity contribution < 1.29 is 19.1 Å². The first kappa shape index (κ1) is 24.1. The quantitative estimate of drug-likeness (QED) is 0.345. The van der Waals surface area contributed by atoms with E-state index >= 15 is 0 Å². The van der Waals surface area contributed by atoms with Crippen LogP contribution in [0.25, 0.3) is 0 Å². The molecule has 0 bridgehead atoms. The second-order valence-electron chi connectivity index (χ2n) is 6.78. The molecule has 9 heteroatoms. The number of hydrazone groups is 1. The number of nitrogens with zero attached hydrogens (tertiary/aromatic N) is 1. The molecular formula is C24H21Cl2N3O4. The van der Waals surface area contributed by atoms with E-state index in [1.54, 1.807) is 48.5 Å². The van der Waals surface area contributed by atoms with Crippen molar-refractivity contribution in [3.8, 4) is 11.5 Å². The molecule has 3 aromatic carbocycles. The Morgan fingerprint density at radius 2 is 1.76 bits per heavy atom. The molecule has 170 valence electrons. The second-order valence-corrected chi connectivity index (χ2v) is 7.65. The third-order valence-corrected chi connectivity index (χ3v) is 4.88. The van der Waals surface area contributed by atoms with Gasteiger partial charge in [-0.05, 0) is 48.0 Å². The third kappa shape index (κ3) is 7.24. The number of carbonyl (C=O) groups excluding carboxylic acids is 2. The largest absolute Gasteiger partial charge is 0.496 e. The first-order chi connectivity index (χ1) is 16.0. The fourth-order valence-corrected chi connectivity index (χ4v) is 3.23. The second kappa shape index (κ2) is 11.9. The molecular weight excluding hydrogens is 465 g/mol. The number of ether oxygens (including phenoxy) is 2. The van der Waals surface area contributed by atoms with Crippen molar-refractivity contribution in [1.29, 1.82) is 0 Å². The summed E-state index contributed by atoms with van der Waals surface area (Å²) in [6.45, 7) is 0.0340. The SMILES string of the molecule is COc1ccccc1C(=O)NCC(=O)NN=Cc1cc(Cl)ccc1OCc1cccc(Cl)c1. The molecule has 2 amide bonds. The number of halogens is 2. The van der Waals surface area contributed by atoms with E-state index in [0.717, 1.165) is 5.56 Å². The Hall–Kier alpha value is -3.55. The van der Waals surface area contributed by atoms with Gasteiger partial charge in [-0.25, -0.2) is 5.43 Å². The summed E-state index contributed by atoms with van der Waals surface area (Å²) >= 11 is 12.1. The molecule has 7 nitrogen and oxygen atoms in total.